The van der Waals surface area contributed by atoms with E-state index in [-0.39, 0.29) is 11.7 Å². The monoisotopic (exact) mass is 400 g/mol. The van der Waals surface area contributed by atoms with Crippen LogP contribution in [0.3, 0.4) is 0 Å². The highest BCUT2D eigenvalue weighted by molar-refractivity contribution is 5.97. The van der Waals surface area contributed by atoms with Crippen molar-refractivity contribution in [1.82, 2.24) is 4.90 Å². The topological polar surface area (TPSA) is 49.9 Å². The summed E-state index contributed by atoms with van der Waals surface area (Å²) in [7, 11) is 0. The van der Waals surface area contributed by atoms with Gasteiger partial charge in [0, 0.05) is 37.4 Å². The lowest BCUT2D eigenvalue weighted by molar-refractivity contribution is 0.0744. The standard InChI is InChI=1S/C25H24N2O3/c1-19(28)20-11-13-21(14-12-20)26-15-17-27(18-16-26)25(29)23-9-5-6-10-24(23)30-22-7-3-2-4-8-22/h2-14H,15-18H2,1H3. The Hall–Kier alpha value is -3.60. The van der Waals surface area contributed by atoms with Gasteiger partial charge in [-0.3, -0.25) is 9.59 Å². The third-order valence-corrected chi connectivity index (χ3v) is 5.29. The molecule has 0 N–H and O–H groups in total. The Morgan fingerprint density at radius 1 is 0.767 bits per heavy atom. The number of anilines is 1. The van der Waals surface area contributed by atoms with Gasteiger partial charge in [0.25, 0.3) is 5.91 Å². The summed E-state index contributed by atoms with van der Waals surface area (Å²) >= 11 is 0. The molecular weight excluding hydrogens is 376 g/mol. The van der Waals surface area contributed by atoms with Crippen LogP contribution >= 0.6 is 0 Å². The molecule has 3 aromatic carbocycles. The van der Waals surface area contributed by atoms with Crippen molar-refractivity contribution in [2.45, 2.75) is 6.92 Å². The van der Waals surface area contributed by atoms with Crippen molar-refractivity contribution in [3.63, 3.8) is 0 Å². The molecule has 0 radical (unpaired) electrons. The van der Waals surface area contributed by atoms with Crippen LogP contribution in [0, 0.1) is 0 Å². The molecule has 1 amide bonds. The van der Waals surface area contributed by atoms with E-state index < -0.39 is 0 Å². The fourth-order valence-corrected chi connectivity index (χ4v) is 3.59. The Labute approximate surface area is 176 Å². The summed E-state index contributed by atoms with van der Waals surface area (Å²) in [6, 6.07) is 24.5. The number of hydrogen-bond acceptors (Lipinski definition) is 4. The maximum Gasteiger partial charge on any atom is 0.257 e. The summed E-state index contributed by atoms with van der Waals surface area (Å²) in [6.45, 7) is 4.32. The highest BCUT2D eigenvalue weighted by Gasteiger charge is 2.24. The van der Waals surface area contributed by atoms with E-state index in [1.807, 2.05) is 83.8 Å². The van der Waals surface area contributed by atoms with Gasteiger partial charge in [-0.1, -0.05) is 30.3 Å². The number of ether oxygens (including phenoxy) is 1. The van der Waals surface area contributed by atoms with Crippen LogP contribution in [0.25, 0.3) is 0 Å². The molecule has 0 saturated carbocycles. The lowest BCUT2D eigenvalue weighted by Crippen LogP contribution is -2.48. The van der Waals surface area contributed by atoms with E-state index in [0.29, 0.717) is 35.7 Å². The summed E-state index contributed by atoms with van der Waals surface area (Å²) in [4.78, 5) is 28.7. The molecule has 5 heteroatoms. The van der Waals surface area contributed by atoms with Gasteiger partial charge in [0.05, 0.1) is 5.56 Å². The zero-order valence-corrected chi connectivity index (χ0v) is 17.0. The maximum atomic E-state index is 13.2. The Bertz CT molecular complexity index is 1020. The van der Waals surface area contributed by atoms with Crippen LogP contribution in [0.15, 0.2) is 78.9 Å². The first-order valence-corrected chi connectivity index (χ1v) is 10.1. The van der Waals surface area contributed by atoms with Crippen LogP contribution in [-0.4, -0.2) is 42.8 Å². The van der Waals surface area contributed by atoms with Crippen molar-refractivity contribution in [2.75, 3.05) is 31.1 Å². The van der Waals surface area contributed by atoms with Gasteiger partial charge in [-0.15, -0.1) is 0 Å². The molecule has 0 atom stereocenters. The van der Waals surface area contributed by atoms with E-state index in [0.717, 1.165) is 18.8 Å². The van der Waals surface area contributed by atoms with Crippen molar-refractivity contribution in [3.05, 3.63) is 90.0 Å². The smallest absolute Gasteiger partial charge is 0.257 e. The van der Waals surface area contributed by atoms with Gasteiger partial charge in [0.1, 0.15) is 11.5 Å². The van der Waals surface area contributed by atoms with E-state index in [1.165, 1.54) is 0 Å². The molecular formula is C25H24N2O3. The molecule has 0 spiro atoms. The maximum absolute atomic E-state index is 13.2. The predicted molar refractivity (Wildman–Crippen MR) is 118 cm³/mol. The van der Waals surface area contributed by atoms with Crippen LogP contribution in [-0.2, 0) is 0 Å². The second kappa shape index (κ2) is 8.82. The largest absolute Gasteiger partial charge is 0.457 e. The molecule has 1 heterocycles. The van der Waals surface area contributed by atoms with Gasteiger partial charge >= 0.3 is 0 Å². The number of carbonyl (C=O) groups is 2. The lowest BCUT2D eigenvalue weighted by atomic mass is 10.1. The number of benzene rings is 3. The third-order valence-electron chi connectivity index (χ3n) is 5.29. The highest BCUT2D eigenvalue weighted by atomic mass is 16.5. The van der Waals surface area contributed by atoms with Crippen LogP contribution in [0.5, 0.6) is 11.5 Å². The fraction of sp³-hybridized carbons (Fsp3) is 0.200. The number of rotatable bonds is 5. The summed E-state index contributed by atoms with van der Waals surface area (Å²) in [5.74, 6) is 1.31. The summed E-state index contributed by atoms with van der Waals surface area (Å²) in [5, 5.41) is 0. The highest BCUT2D eigenvalue weighted by Crippen LogP contribution is 2.27. The summed E-state index contributed by atoms with van der Waals surface area (Å²) < 4.78 is 5.96. The second-order valence-electron chi connectivity index (χ2n) is 7.29. The van der Waals surface area contributed by atoms with Crippen molar-refractivity contribution >= 4 is 17.4 Å². The van der Waals surface area contributed by atoms with Gasteiger partial charge < -0.3 is 14.5 Å². The molecule has 0 aromatic heterocycles. The number of para-hydroxylation sites is 2. The predicted octanol–water partition coefficient (Wildman–Crippen LogP) is 4.64. The average Bonchev–Trinajstić information content (AvgIpc) is 2.80. The van der Waals surface area contributed by atoms with Crippen LogP contribution in [0.2, 0.25) is 0 Å². The van der Waals surface area contributed by atoms with E-state index >= 15 is 0 Å². The zero-order valence-electron chi connectivity index (χ0n) is 17.0. The van der Waals surface area contributed by atoms with E-state index in [9.17, 15) is 9.59 Å². The normalized spacial score (nSPS) is 13.8. The van der Waals surface area contributed by atoms with E-state index in [1.54, 1.807) is 6.92 Å². The van der Waals surface area contributed by atoms with Crippen molar-refractivity contribution < 1.29 is 14.3 Å². The number of Topliss-reactive ketones (excluding diaryl/α,β-unsaturated/α-hetero) is 1. The van der Waals surface area contributed by atoms with Crippen molar-refractivity contribution in [1.29, 1.82) is 0 Å². The minimum Gasteiger partial charge on any atom is -0.457 e. The third kappa shape index (κ3) is 4.35. The van der Waals surface area contributed by atoms with Crippen LogP contribution in [0.4, 0.5) is 5.69 Å². The van der Waals surface area contributed by atoms with Gasteiger partial charge in [-0.2, -0.15) is 0 Å². The van der Waals surface area contributed by atoms with Gasteiger partial charge in [0.15, 0.2) is 5.78 Å². The molecule has 1 saturated heterocycles. The molecule has 1 fully saturated rings. The quantitative estimate of drug-likeness (QED) is 0.585. The first-order valence-electron chi connectivity index (χ1n) is 10.1. The Kier molecular flexibility index (Phi) is 5.80. The van der Waals surface area contributed by atoms with E-state index in [4.69, 9.17) is 4.74 Å². The summed E-state index contributed by atoms with van der Waals surface area (Å²) in [6.07, 6.45) is 0. The minimum absolute atomic E-state index is 0.0203. The molecule has 1 aliphatic heterocycles. The number of carbonyl (C=O) groups excluding carboxylic acids is 2. The SMILES string of the molecule is CC(=O)c1ccc(N2CCN(C(=O)c3ccccc3Oc3ccccc3)CC2)cc1. The molecule has 0 unspecified atom stereocenters. The minimum atomic E-state index is -0.0203. The van der Waals surface area contributed by atoms with E-state index in [2.05, 4.69) is 4.90 Å². The molecule has 0 aliphatic carbocycles. The number of amides is 1. The molecule has 152 valence electrons. The molecule has 0 bridgehead atoms. The van der Waals surface area contributed by atoms with Crippen molar-refractivity contribution in [2.24, 2.45) is 0 Å². The van der Waals surface area contributed by atoms with Gasteiger partial charge in [0.2, 0.25) is 0 Å². The molecule has 3 aromatic rings. The summed E-state index contributed by atoms with van der Waals surface area (Å²) in [5.41, 5.74) is 2.35. The number of nitrogens with zero attached hydrogens (tertiary/aromatic N) is 2. The Morgan fingerprint density at radius 2 is 1.40 bits per heavy atom. The molecule has 30 heavy (non-hydrogen) atoms. The zero-order chi connectivity index (χ0) is 20.9. The van der Waals surface area contributed by atoms with Gasteiger partial charge in [-0.05, 0) is 55.5 Å². The fourth-order valence-electron chi connectivity index (χ4n) is 3.59. The van der Waals surface area contributed by atoms with Gasteiger partial charge in [-0.25, -0.2) is 0 Å². The first kappa shape index (κ1) is 19.7. The molecule has 4 rings (SSSR count). The Morgan fingerprint density at radius 3 is 2.07 bits per heavy atom. The number of hydrogen-bond donors (Lipinski definition) is 0. The van der Waals surface area contributed by atoms with Crippen LogP contribution < -0.4 is 9.64 Å². The number of piperazine rings is 1. The first-order chi connectivity index (χ1) is 14.6. The average molecular weight is 400 g/mol. The second-order valence-corrected chi connectivity index (χ2v) is 7.29. The number of ketones is 1. The molecule has 1 aliphatic rings. The lowest BCUT2D eigenvalue weighted by Gasteiger charge is -2.36. The van der Waals surface area contributed by atoms with Crippen molar-refractivity contribution in [3.8, 4) is 11.5 Å². The Balaban J connectivity index is 1.43. The molecule has 5 nitrogen and oxygen atoms in total. The van der Waals surface area contributed by atoms with Crippen LogP contribution in [0.1, 0.15) is 27.6 Å².